The molecule has 10 nitrogen and oxygen atoms in total. The number of benzene rings is 4. The van der Waals surface area contributed by atoms with Crippen LogP contribution in [-0.2, 0) is 0 Å². The van der Waals surface area contributed by atoms with E-state index in [0.29, 0.717) is 22.7 Å². The molecule has 0 saturated carbocycles. The third-order valence-corrected chi connectivity index (χ3v) is 7.66. The Balaban J connectivity index is 1.20. The molecule has 0 aliphatic carbocycles. The SMILES string of the molecule is CCCCN(C)c1ccc(N=Nc2ccc(NCCNc3ccc(N=Nc4ccc(N(C)CCCC)cc4N)cc3)cc2)c(N)c1. The summed E-state index contributed by atoms with van der Waals surface area (Å²) in [6.45, 7) is 7.88. The number of anilines is 6. The molecular formula is C36H48N10. The maximum Gasteiger partial charge on any atom is 0.109 e. The highest BCUT2D eigenvalue weighted by atomic mass is 15.1. The highest BCUT2D eigenvalue weighted by Crippen LogP contribution is 2.30. The van der Waals surface area contributed by atoms with E-state index in [0.717, 1.165) is 86.0 Å². The third-order valence-electron chi connectivity index (χ3n) is 7.66. The van der Waals surface area contributed by atoms with Gasteiger partial charge in [-0.1, -0.05) is 26.7 Å². The molecular weight excluding hydrogens is 572 g/mol. The van der Waals surface area contributed by atoms with Crippen molar-refractivity contribution in [3.05, 3.63) is 84.9 Å². The predicted octanol–water partition coefficient (Wildman–Crippen LogP) is 9.68. The minimum Gasteiger partial charge on any atom is -0.397 e. The number of hydrogen-bond donors (Lipinski definition) is 4. The van der Waals surface area contributed by atoms with Crippen LogP contribution < -0.4 is 31.9 Å². The second kappa shape index (κ2) is 17.4. The topological polar surface area (TPSA) is 132 Å². The fourth-order valence-electron chi connectivity index (χ4n) is 4.72. The first-order valence-corrected chi connectivity index (χ1v) is 16.1. The molecule has 0 aromatic heterocycles. The molecule has 6 N–H and O–H groups in total. The summed E-state index contributed by atoms with van der Waals surface area (Å²) < 4.78 is 0. The summed E-state index contributed by atoms with van der Waals surface area (Å²) in [5.74, 6) is 0. The quantitative estimate of drug-likeness (QED) is 0.0528. The molecule has 0 spiro atoms. The first-order valence-electron chi connectivity index (χ1n) is 16.1. The van der Waals surface area contributed by atoms with Crippen LogP contribution in [0.3, 0.4) is 0 Å². The normalized spacial score (nSPS) is 11.3. The number of nitrogens with one attached hydrogen (secondary N) is 2. The Morgan fingerprint density at radius 3 is 1.28 bits per heavy atom. The van der Waals surface area contributed by atoms with Crippen molar-refractivity contribution in [1.29, 1.82) is 0 Å². The van der Waals surface area contributed by atoms with E-state index in [1.165, 1.54) is 0 Å². The Labute approximate surface area is 273 Å². The second-order valence-electron chi connectivity index (χ2n) is 11.4. The Morgan fingerprint density at radius 2 is 0.935 bits per heavy atom. The largest absolute Gasteiger partial charge is 0.397 e. The van der Waals surface area contributed by atoms with Gasteiger partial charge < -0.3 is 31.9 Å². The average molecular weight is 621 g/mol. The summed E-state index contributed by atoms with van der Waals surface area (Å²) in [5.41, 5.74) is 20.8. The van der Waals surface area contributed by atoms with Crippen LogP contribution >= 0.6 is 0 Å². The molecule has 0 bridgehead atoms. The van der Waals surface area contributed by atoms with Crippen molar-refractivity contribution in [1.82, 2.24) is 0 Å². The standard InChI is InChI=1S/C36H48N10/c1-5-7-23-45(3)31-17-19-35(33(37)25-31)43-41-29-13-9-27(10-14-29)39-21-22-40-28-11-15-30(16-12-28)42-44-36-20-18-32(26-34(36)38)46(4)24-8-6-2/h9-20,25-26,39-40H,5-8,21-24,37-38H2,1-4H3. The van der Waals surface area contributed by atoms with Crippen LogP contribution in [0.25, 0.3) is 0 Å². The summed E-state index contributed by atoms with van der Waals surface area (Å²) in [7, 11) is 4.16. The van der Waals surface area contributed by atoms with Gasteiger partial charge in [0.05, 0.1) is 22.7 Å². The summed E-state index contributed by atoms with van der Waals surface area (Å²) in [4.78, 5) is 4.41. The monoisotopic (exact) mass is 620 g/mol. The summed E-state index contributed by atoms with van der Waals surface area (Å²) in [6, 6.07) is 27.5. The maximum absolute atomic E-state index is 6.25. The molecule has 10 heteroatoms. The van der Waals surface area contributed by atoms with Gasteiger partial charge in [-0.3, -0.25) is 0 Å². The molecule has 0 aliphatic heterocycles. The van der Waals surface area contributed by atoms with E-state index in [4.69, 9.17) is 11.5 Å². The smallest absolute Gasteiger partial charge is 0.109 e. The number of nitrogens with two attached hydrogens (primary N) is 2. The van der Waals surface area contributed by atoms with Gasteiger partial charge in [0.15, 0.2) is 0 Å². The Morgan fingerprint density at radius 1 is 0.543 bits per heavy atom. The number of nitrogen functional groups attached to an aromatic ring is 2. The van der Waals surface area contributed by atoms with E-state index in [9.17, 15) is 0 Å². The van der Waals surface area contributed by atoms with E-state index in [1.54, 1.807) is 0 Å². The van der Waals surface area contributed by atoms with Crippen LogP contribution in [0, 0.1) is 0 Å². The second-order valence-corrected chi connectivity index (χ2v) is 11.4. The number of rotatable bonds is 17. The van der Waals surface area contributed by atoms with Gasteiger partial charge in [0.2, 0.25) is 0 Å². The van der Waals surface area contributed by atoms with Crippen molar-refractivity contribution in [3.8, 4) is 0 Å². The van der Waals surface area contributed by atoms with Crippen molar-refractivity contribution >= 4 is 56.9 Å². The van der Waals surface area contributed by atoms with Crippen molar-refractivity contribution < 1.29 is 0 Å². The van der Waals surface area contributed by atoms with E-state index in [-0.39, 0.29) is 0 Å². The van der Waals surface area contributed by atoms with Gasteiger partial charge in [-0.25, -0.2) is 0 Å². The Kier molecular flexibility index (Phi) is 12.8. The first-order chi connectivity index (χ1) is 22.4. The van der Waals surface area contributed by atoms with Crippen molar-refractivity contribution in [2.24, 2.45) is 20.5 Å². The zero-order valence-electron chi connectivity index (χ0n) is 27.6. The van der Waals surface area contributed by atoms with Gasteiger partial charge in [0.25, 0.3) is 0 Å². The van der Waals surface area contributed by atoms with Gasteiger partial charge >= 0.3 is 0 Å². The van der Waals surface area contributed by atoms with Crippen LogP contribution in [0.2, 0.25) is 0 Å². The fraction of sp³-hybridized carbons (Fsp3) is 0.333. The average Bonchev–Trinajstić information content (AvgIpc) is 3.07. The molecule has 0 amide bonds. The molecule has 0 fully saturated rings. The molecule has 0 atom stereocenters. The van der Waals surface area contributed by atoms with Gasteiger partial charge in [0, 0.05) is 63.0 Å². The number of azo groups is 2. The van der Waals surface area contributed by atoms with Gasteiger partial charge in [-0.2, -0.15) is 10.2 Å². The minimum absolute atomic E-state index is 0.617. The molecule has 0 unspecified atom stereocenters. The summed E-state index contributed by atoms with van der Waals surface area (Å²) in [6.07, 6.45) is 4.61. The molecule has 4 aromatic rings. The van der Waals surface area contributed by atoms with Gasteiger partial charge in [-0.15, -0.1) is 10.2 Å². The van der Waals surface area contributed by atoms with Crippen LogP contribution in [-0.4, -0.2) is 40.3 Å². The van der Waals surface area contributed by atoms with E-state index < -0.39 is 0 Å². The Bertz CT molecular complexity index is 1450. The lowest BCUT2D eigenvalue weighted by atomic mass is 10.2. The molecule has 4 aromatic carbocycles. The van der Waals surface area contributed by atoms with Crippen molar-refractivity contribution in [2.45, 2.75) is 39.5 Å². The van der Waals surface area contributed by atoms with E-state index >= 15 is 0 Å². The maximum atomic E-state index is 6.25. The van der Waals surface area contributed by atoms with E-state index in [1.807, 2.05) is 84.9 Å². The molecule has 0 radical (unpaired) electrons. The number of unbranched alkanes of at least 4 members (excludes halogenated alkanes) is 2. The van der Waals surface area contributed by atoms with Crippen LogP contribution in [0.5, 0.6) is 0 Å². The lowest BCUT2D eigenvalue weighted by Crippen LogP contribution is -2.18. The summed E-state index contributed by atoms with van der Waals surface area (Å²) >= 11 is 0. The van der Waals surface area contributed by atoms with Crippen molar-refractivity contribution in [2.75, 3.05) is 72.2 Å². The first kappa shape index (κ1) is 33.8. The molecule has 0 aliphatic rings. The highest BCUT2D eigenvalue weighted by molar-refractivity contribution is 5.70. The summed E-state index contributed by atoms with van der Waals surface area (Å²) in [5, 5.41) is 24.3. The van der Waals surface area contributed by atoms with Crippen LogP contribution in [0.1, 0.15) is 39.5 Å². The van der Waals surface area contributed by atoms with E-state index in [2.05, 4.69) is 68.8 Å². The highest BCUT2D eigenvalue weighted by Gasteiger charge is 2.06. The van der Waals surface area contributed by atoms with Crippen molar-refractivity contribution in [3.63, 3.8) is 0 Å². The lowest BCUT2D eigenvalue weighted by Gasteiger charge is -2.19. The number of nitrogens with zero attached hydrogens (tertiary/aromatic N) is 6. The fourth-order valence-corrected chi connectivity index (χ4v) is 4.72. The minimum atomic E-state index is 0.617. The lowest BCUT2D eigenvalue weighted by molar-refractivity contribution is 0.767. The zero-order chi connectivity index (χ0) is 32.7. The molecule has 4 rings (SSSR count). The molecule has 0 heterocycles. The Hall–Kier alpha value is -5.12. The van der Waals surface area contributed by atoms with Gasteiger partial charge in [0.1, 0.15) is 11.4 Å². The molecule has 242 valence electrons. The molecule has 0 saturated heterocycles. The van der Waals surface area contributed by atoms with Crippen LogP contribution in [0.4, 0.5) is 56.9 Å². The predicted molar refractivity (Wildman–Crippen MR) is 196 cm³/mol. The van der Waals surface area contributed by atoms with Gasteiger partial charge in [-0.05, 0) is 97.8 Å². The zero-order valence-corrected chi connectivity index (χ0v) is 27.6. The molecule has 46 heavy (non-hydrogen) atoms. The number of hydrogen-bond acceptors (Lipinski definition) is 10. The third kappa shape index (κ3) is 10.2. The van der Waals surface area contributed by atoms with Crippen LogP contribution in [0.15, 0.2) is 105 Å².